The van der Waals surface area contributed by atoms with Crippen molar-refractivity contribution in [1.29, 1.82) is 0 Å². The molecule has 29 heavy (non-hydrogen) atoms. The van der Waals surface area contributed by atoms with Crippen LogP contribution in [0.2, 0.25) is 0 Å². The molecule has 3 aromatic carbocycles. The summed E-state index contributed by atoms with van der Waals surface area (Å²) in [6.07, 6.45) is 0. The lowest BCUT2D eigenvalue weighted by Crippen LogP contribution is -2.30. The molecule has 0 unspecified atom stereocenters. The number of hydrogen-bond donors (Lipinski definition) is 0. The van der Waals surface area contributed by atoms with Crippen LogP contribution in [0.15, 0.2) is 72.8 Å². The SMILES string of the molecule is Cc1ccc(-c2nc3ccccc3n2CC(=O)N(C)Cc2ccccc2)c(C)c1. The molecule has 4 aromatic rings. The Balaban J connectivity index is 1.70. The van der Waals surface area contributed by atoms with Gasteiger partial charge in [-0.25, -0.2) is 4.98 Å². The molecule has 0 saturated heterocycles. The van der Waals surface area contributed by atoms with Crippen LogP contribution in [0, 0.1) is 13.8 Å². The smallest absolute Gasteiger partial charge is 0.242 e. The van der Waals surface area contributed by atoms with Gasteiger partial charge in [0.2, 0.25) is 5.91 Å². The minimum atomic E-state index is 0.0584. The number of likely N-dealkylation sites (N-methyl/N-ethyl adjacent to an activating group) is 1. The van der Waals surface area contributed by atoms with E-state index in [0.717, 1.165) is 33.5 Å². The maximum Gasteiger partial charge on any atom is 0.242 e. The largest absolute Gasteiger partial charge is 0.340 e. The standard InChI is InChI=1S/C25H25N3O/c1-18-13-14-21(19(2)15-18)25-26-22-11-7-8-12-23(22)28(25)17-24(29)27(3)16-20-9-5-4-6-10-20/h4-15H,16-17H2,1-3H3. The molecule has 0 atom stereocenters. The van der Waals surface area contributed by atoms with E-state index in [9.17, 15) is 4.79 Å². The molecule has 0 radical (unpaired) electrons. The molecule has 0 saturated carbocycles. The molecular weight excluding hydrogens is 358 g/mol. The van der Waals surface area contributed by atoms with Gasteiger partial charge in [0.15, 0.2) is 0 Å². The summed E-state index contributed by atoms with van der Waals surface area (Å²) in [4.78, 5) is 19.7. The van der Waals surface area contributed by atoms with Crippen molar-refractivity contribution in [3.05, 3.63) is 89.5 Å². The zero-order valence-electron chi connectivity index (χ0n) is 17.1. The Labute approximate surface area is 171 Å². The number of para-hydroxylation sites is 2. The number of amides is 1. The minimum absolute atomic E-state index is 0.0584. The molecule has 0 fully saturated rings. The predicted octanol–water partition coefficient (Wildman–Crippen LogP) is 4.98. The number of aromatic nitrogens is 2. The van der Waals surface area contributed by atoms with Gasteiger partial charge >= 0.3 is 0 Å². The molecule has 0 aliphatic carbocycles. The van der Waals surface area contributed by atoms with Gasteiger partial charge in [-0.15, -0.1) is 0 Å². The van der Waals surface area contributed by atoms with E-state index in [0.29, 0.717) is 6.54 Å². The Morgan fingerprint density at radius 2 is 1.69 bits per heavy atom. The van der Waals surface area contributed by atoms with E-state index in [1.165, 1.54) is 5.56 Å². The van der Waals surface area contributed by atoms with Crippen molar-refractivity contribution in [2.75, 3.05) is 7.05 Å². The summed E-state index contributed by atoms with van der Waals surface area (Å²) in [6.45, 7) is 5.02. The predicted molar refractivity (Wildman–Crippen MR) is 118 cm³/mol. The molecule has 4 nitrogen and oxygen atoms in total. The summed E-state index contributed by atoms with van der Waals surface area (Å²) in [5.41, 5.74) is 6.43. The van der Waals surface area contributed by atoms with E-state index in [1.807, 2.05) is 66.2 Å². The monoisotopic (exact) mass is 383 g/mol. The molecular formula is C25H25N3O. The summed E-state index contributed by atoms with van der Waals surface area (Å²) < 4.78 is 2.04. The van der Waals surface area contributed by atoms with E-state index in [2.05, 4.69) is 32.0 Å². The summed E-state index contributed by atoms with van der Waals surface area (Å²) in [5, 5.41) is 0. The third kappa shape index (κ3) is 3.92. The molecule has 1 heterocycles. The second-order valence-electron chi connectivity index (χ2n) is 7.56. The highest BCUT2D eigenvalue weighted by Gasteiger charge is 2.18. The first-order valence-electron chi connectivity index (χ1n) is 9.84. The number of aryl methyl sites for hydroxylation is 2. The van der Waals surface area contributed by atoms with Crippen LogP contribution in [-0.2, 0) is 17.9 Å². The van der Waals surface area contributed by atoms with Crippen molar-refractivity contribution in [2.24, 2.45) is 0 Å². The lowest BCUT2D eigenvalue weighted by Gasteiger charge is -2.19. The minimum Gasteiger partial charge on any atom is -0.340 e. The summed E-state index contributed by atoms with van der Waals surface area (Å²) >= 11 is 0. The number of benzene rings is 3. The lowest BCUT2D eigenvalue weighted by molar-refractivity contribution is -0.130. The zero-order valence-corrected chi connectivity index (χ0v) is 17.1. The summed E-state index contributed by atoms with van der Waals surface area (Å²) in [6, 6.07) is 24.4. The fraction of sp³-hybridized carbons (Fsp3) is 0.200. The van der Waals surface area contributed by atoms with Gasteiger partial charge < -0.3 is 9.47 Å². The van der Waals surface area contributed by atoms with Crippen molar-refractivity contribution in [3.63, 3.8) is 0 Å². The Morgan fingerprint density at radius 1 is 0.966 bits per heavy atom. The summed E-state index contributed by atoms with van der Waals surface area (Å²) in [7, 11) is 1.85. The fourth-order valence-electron chi connectivity index (χ4n) is 3.71. The van der Waals surface area contributed by atoms with Gasteiger partial charge in [-0.3, -0.25) is 4.79 Å². The number of hydrogen-bond acceptors (Lipinski definition) is 2. The van der Waals surface area contributed by atoms with Crippen LogP contribution in [0.4, 0.5) is 0 Å². The molecule has 146 valence electrons. The van der Waals surface area contributed by atoms with E-state index < -0.39 is 0 Å². The number of imidazole rings is 1. The molecule has 0 aliphatic rings. The highest BCUT2D eigenvalue weighted by molar-refractivity contribution is 5.85. The van der Waals surface area contributed by atoms with E-state index in [1.54, 1.807) is 4.90 Å². The first-order chi connectivity index (χ1) is 14.0. The maximum absolute atomic E-state index is 13.1. The number of nitrogens with zero attached hydrogens (tertiary/aromatic N) is 3. The maximum atomic E-state index is 13.1. The molecule has 1 aromatic heterocycles. The van der Waals surface area contributed by atoms with E-state index >= 15 is 0 Å². The van der Waals surface area contributed by atoms with Crippen molar-refractivity contribution >= 4 is 16.9 Å². The second-order valence-corrected chi connectivity index (χ2v) is 7.56. The van der Waals surface area contributed by atoms with Gasteiger partial charge in [-0.05, 0) is 37.1 Å². The van der Waals surface area contributed by atoms with Crippen molar-refractivity contribution in [1.82, 2.24) is 14.5 Å². The van der Waals surface area contributed by atoms with Gasteiger partial charge in [0, 0.05) is 19.2 Å². The topological polar surface area (TPSA) is 38.1 Å². The fourth-order valence-corrected chi connectivity index (χ4v) is 3.71. The quantitative estimate of drug-likeness (QED) is 0.487. The Bertz CT molecular complexity index is 1160. The molecule has 4 heteroatoms. The third-order valence-electron chi connectivity index (χ3n) is 5.26. The molecule has 0 N–H and O–H groups in total. The highest BCUT2D eigenvalue weighted by atomic mass is 16.2. The van der Waals surface area contributed by atoms with E-state index in [-0.39, 0.29) is 12.5 Å². The van der Waals surface area contributed by atoms with Crippen LogP contribution in [0.3, 0.4) is 0 Å². The van der Waals surface area contributed by atoms with Crippen LogP contribution in [0.1, 0.15) is 16.7 Å². The number of fused-ring (bicyclic) bond motifs is 1. The molecule has 4 rings (SSSR count). The highest BCUT2D eigenvalue weighted by Crippen LogP contribution is 2.28. The van der Waals surface area contributed by atoms with Crippen molar-refractivity contribution in [2.45, 2.75) is 26.9 Å². The second kappa shape index (κ2) is 7.92. The van der Waals surface area contributed by atoms with Crippen LogP contribution in [0.5, 0.6) is 0 Å². The molecule has 1 amide bonds. The normalized spacial score (nSPS) is 11.0. The number of rotatable bonds is 5. The average Bonchev–Trinajstić information content (AvgIpc) is 3.07. The molecule has 0 bridgehead atoms. The molecule has 0 spiro atoms. The van der Waals surface area contributed by atoms with Crippen LogP contribution in [-0.4, -0.2) is 27.4 Å². The first kappa shape index (κ1) is 18.9. The van der Waals surface area contributed by atoms with Crippen molar-refractivity contribution < 1.29 is 4.79 Å². The van der Waals surface area contributed by atoms with Gasteiger partial charge in [-0.1, -0.05) is 66.2 Å². The van der Waals surface area contributed by atoms with Gasteiger partial charge in [0.25, 0.3) is 0 Å². The van der Waals surface area contributed by atoms with E-state index in [4.69, 9.17) is 4.98 Å². The Kier molecular flexibility index (Phi) is 5.17. The van der Waals surface area contributed by atoms with Gasteiger partial charge in [-0.2, -0.15) is 0 Å². The van der Waals surface area contributed by atoms with Crippen LogP contribution in [0.25, 0.3) is 22.4 Å². The summed E-state index contributed by atoms with van der Waals surface area (Å²) in [5.74, 6) is 0.896. The Hall–Kier alpha value is -3.40. The van der Waals surface area contributed by atoms with Crippen LogP contribution < -0.4 is 0 Å². The average molecular weight is 383 g/mol. The number of carbonyl (C=O) groups excluding carboxylic acids is 1. The molecule has 0 aliphatic heterocycles. The van der Waals surface area contributed by atoms with Crippen LogP contribution >= 0.6 is 0 Å². The van der Waals surface area contributed by atoms with Gasteiger partial charge in [0.05, 0.1) is 11.0 Å². The zero-order chi connectivity index (χ0) is 20.4. The first-order valence-corrected chi connectivity index (χ1v) is 9.84. The van der Waals surface area contributed by atoms with Gasteiger partial charge in [0.1, 0.15) is 12.4 Å². The third-order valence-corrected chi connectivity index (χ3v) is 5.26. The number of carbonyl (C=O) groups is 1. The lowest BCUT2D eigenvalue weighted by atomic mass is 10.1. The van der Waals surface area contributed by atoms with Crippen molar-refractivity contribution in [3.8, 4) is 11.4 Å². The Morgan fingerprint density at radius 3 is 2.45 bits per heavy atom.